The lowest BCUT2D eigenvalue weighted by atomic mass is 10.1. The fourth-order valence-electron chi connectivity index (χ4n) is 3.70. The van der Waals surface area contributed by atoms with Crippen molar-refractivity contribution < 1.29 is 13.2 Å². The monoisotopic (exact) mass is 438 g/mol. The van der Waals surface area contributed by atoms with E-state index in [2.05, 4.69) is 10.3 Å². The molecule has 0 spiro atoms. The van der Waals surface area contributed by atoms with E-state index in [4.69, 9.17) is 0 Å². The number of amides is 1. The molecule has 1 N–H and O–H groups in total. The van der Waals surface area contributed by atoms with Gasteiger partial charge in [-0.15, -0.1) is 0 Å². The molecule has 1 amide bonds. The molecule has 0 bridgehead atoms. The van der Waals surface area contributed by atoms with Crippen LogP contribution in [0.3, 0.4) is 0 Å². The first-order valence-electron chi connectivity index (χ1n) is 10.5. The predicted octanol–water partition coefficient (Wildman–Crippen LogP) is 3.75. The van der Waals surface area contributed by atoms with E-state index in [-0.39, 0.29) is 10.8 Å². The summed E-state index contributed by atoms with van der Waals surface area (Å²) in [6.45, 7) is 1.82. The van der Waals surface area contributed by atoms with Gasteiger partial charge in [0.25, 0.3) is 5.91 Å². The van der Waals surface area contributed by atoms with Crippen molar-refractivity contribution in [1.29, 1.82) is 0 Å². The van der Waals surface area contributed by atoms with Crippen molar-refractivity contribution in [2.75, 3.05) is 18.4 Å². The number of anilines is 1. The van der Waals surface area contributed by atoms with E-state index in [0.717, 1.165) is 31.2 Å². The summed E-state index contributed by atoms with van der Waals surface area (Å²) in [7, 11) is -3.49. The first kappa shape index (κ1) is 21.3. The molecule has 0 unspecified atom stereocenters. The van der Waals surface area contributed by atoms with Crippen molar-refractivity contribution in [2.24, 2.45) is 0 Å². The van der Waals surface area contributed by atoms with Gasteiger partial charge in [0.15, 0.2) is 0 Å². The number of nitrogens with zero attached hydrogens (tertiary/aromatic N) is 3. The fraction of sp³-hybridized carbons (Fsp3) is 0.304. The van der Waals surface area contributed by atoms with Crippen LogP contribution in [-0.4, -0.2) is 41.3 Å². The Labute approximate surface area is 182 Å². The SMILES string of the molecule is O=C(Nc1ccc(S(=O)(=O)N2CCCCCC2)cc1)c1ccc(Cn2ccnc2)cc1. The molecule has 1 aliphatic rings. The van der Waals surface area contributed by atoms with Gasteiger partial charge < -0.3 is 9.88 Å². The van der Waals surface area contributed by atoms with Crippen molar-refractivity contribution >= 4 is 21.6 Å². The van der Waals surface area contributed by atoms with Crippen LogP contribution < -0.4 is 5.32 Å². The molecule has 1 aromatic heterocycles. The lowest BCUT2D eigenvalue weighted by Crippen LogP contribution is -2.31. The largest absolute Gasteiger partial charge is 0.333 e. The van der Waals surface area contributed by atoms with Crippen LogP contribution in [0.1, 0.15) is 41.6 Å². The zero-order valence-corrected chi connectivity index (χ0v) is 18.1. The second-order valence-corrected chi connectivity index (χ2v) is 9.67. The average Bonchev–Trinajstić information content (AvgIpc) is 3.12. The minimum atomic E-state index is -3.49. The molecule has 4 rings (SSSR count). The van der Waals surface area contributed by atoms with E-state index in [1.807, 2.05) is 22.9 Å². The van der Waals surface area contributed by atoms with Crippen molar-refractivity contribution in [3.05, 3.63) is 78.4 Å². The maximum Gasteiger partial charge on any atom is 0.255 e. The highest BCUT2D eigenvalue weighted by Gasteiger charge is 2.25. The molecule has 0 saturated carbocycles. The van der Waals surface area contributed by atoms with Crippen LogP contribution in [0, 0.1) is 0 Å². The van der Waals surface area contributed by atoms with Crippen LogP contribution in [0.2, 0.25) is 0 Å². The van der Waals surface area contributed by atoms with Gasteiger partial charge in [0.2, 0.25) is 10.0 Å². The third kappa shape index (κ3) is 5.21. The molecule has 0 radical (unpaired) electrons. The van der Waals surface area contributed by atoms with Gasteiger partial charge in [0.05, 0.1) is 11.2 Å². The van der Waals surface area contributed by atoms with E-state index >= 15 is 0 Å². The smallest absolute Gasteiger partial charge is 0.255 e. The summed E-state index contributed by atoms with van der Waals surface area (Å²) >= 11 is 0. The summed E-state index contributed by atoms with van der Waals surface area (Å²) in [6, 6.07) is 13.8. The molecule has 1 fully saturated rings. The lowest BCUT2D eigenvalue weighted by molar-refractivity contribution is 0.102. The van der Waals surface area contributed by atoms with E-state index in [1.165, 1.54) is 0 Å². The molecule has 162 valence electrons. The Kier molecular flexibility index (Phi) is 6.48. The zero-order chi connectivity index (χ0) is 21.7. The summed E-state index contributed by atoms with van der Waals surface area (Å²) in [6.07, 6.45) is 9.30. The van der Waals surface area contributed by atoms with Crippen LogP contribution in [0.4, 0.5) is 5.69 Å². The van der Waals surface area contributed by atoms with E-state index in [9.17, 15) is 13.2 Å². The van der Waals surface area contributed by atoms with Gasteiger partial charge in [-0.05, 0) is 54.8 Å². The average molecular weight is 439 g/mol. The van der Waals surface area contributed by atoms with Crippen LogP contribution in [0.15, 0.2) is 72.1 Å². The Morgan fingerprint density at radius 1 is 0.935 bits per heavy atom. The van der Waals surface area contributed by atoms with Gasteiger partial charge in [0.1, 0.15) is 0 Å². The Hall–Kier alpha value is -2.97. The first-order chi connectivity index (χ1) is 15.0. The summed E-state index contributed by atoms with van der Waals surface area (Å²) in [5, 5.41) is 2.83. The molecule has 2 aromatic carbocycles. The number of sulfonamides is 1. The summed E-state index contributed by atoms with van der Waals surface area (Å²) < 4.78 is 29.3. The van der Waals surface area contributed by atoms with E-state index in [0.29, 0.717) is 30.9 Å². The zero-order valence-electron chi connectivity index (χ0n) is 17.3. The van der Waals surface area contributed by atoms with Crippen LogP contribution in [0.5, 0.6) is 0 Å². The standard InChI is InChI=1S/C23H26N4O3S/c28-23(20-7-5-19(6-8-20)17-26-16-13-24-18-26)25-21-9-11-22(12-10-21)31(29,30)27-14-3-1-2-4-15-27/h5-13,16,18H,1-4,14-15,17H2,(H,25,28). The van der Waals surface area contributed by atoms with Crippen molar-refractivity contribution in [2.45, 2.75) is 37.1 Å². The second-order valence-electron chi connectivity index (χ2n) is 7.73. The van der Waals surface area contributed by atoms with Gasteiger partial charge >= 0.3 is 0 Å². The molecule has 3 aromatic rings. The molecule has 2 heterocycles. The van der Waals surface area contributed by atoms with Gasteiger partial charge in [-0.2, -0.15) is 4.31 Å². The lowest BCUT2D eigenvalue weighted by Gasteiger charge is -2.20. The Bertz CT molecular complexity index is 1100. The first-order valence-corrected chi connectivity index (χ1v) is 11.9. The van der Waals surface area contributed by atoms with Crippen molar-refractivity contribution in [3.8, 4) is 0 Å². The molecule has 0 atom stereocenters. The van der Waals surface area contributed by atoms with Gasteiger partial charge in [-0.1, -0.05) is 25.0 Å². The number of carbonyl (C=O) groups is 1. The van der Waals surface area contributed by atoms with E-state index < -0.39 is 10.0 Å². The Morgan fingerprint density at radius 2 is 1.61 bits per heavy atom. The number of rotatable bonds is 6. The molecule has 8 heteroatoms. The second kappa shape index (κ2) is 9.45. The maximum absolute atomic E-state index is 12.9. The summed E-state index contributed by atoms with van der Waals surface area (Å²) in [5.74, 6) is -0.239. The van der Waals surface area contributed by atoms with Crippen LogP contribution in [0.25, 0.3) is 0 Å². The summed E-state index contributed by atoms with van der Waals surface area (Å²) in [5.41, 5.74) is 2.16. The van der Waals surface area contributed by atoms with Crippen molar-refractivity contribution in [3.63, 3.8) is 0 Å². The third-order valence-electron chi connectivity index (χ3n) is 5.46. The van der Waals surface area contributed by atoms with Gasteiger partial charge in [0, 0.05) is 43.3 Å². The van der Waals surface area contributed by atoms with Crippen molar-refractivity contribution in [1.82, 2.24) is 13.9 Å². The van der Waals surface area contributed by atoms with Gasteiger partial charge in [-0.3, -0.25) is 4.79 Å². The molecule has 31 heavy (non-hydrogen) atoms. The molecule has 0 aliphatic carbocycles. The normalized spacial score (nSPS) is 15.4. The minimum absolute atomic E-state index is 0.239. The Morgan fingerprint density at radius 3 is 2.23 bits per heavy atom. The number of aromatic nitrogens is 2. The van der Waals surface area contributed by atoms with E-state index in [1.54, 1.807) is 53.2 Å². The maximum atomic E-state index is 12.9. The topological polar surface area (TPSA) is 84.3 Å². The quantitative estimate of drug-likeness (QED) is 0.635. The summed E-state index contributed by atoms with van der Waals surface area (Å²) in [4.78, 5) is 16.8. The number of hydrogen-bond acceptors (Lipinski definition) is 4. The predicted molar refractivity (Wildman–Crippen MR) is 119 cm³/mol. The highest BCUT2D eigenvalue weighted by molar-refractivity contribution is 7.89. The highest BCUT2D eigenvalue weighted by Crippen LogP contribution is 2.22. The molecular weight excluding hydrogens is 412 g/mol. The molecule has 1 saturated heterocycles. The number of nitrogens with one attached hydrogen (secondary N) is 1. The molecule has 1 aliphatic heterocycles. The minimum Gasteiger partial charge on any atom is -0.333 e. The molecule has 7 nitrogen and oxygen atoms in total. The fourth-order valence-corrected chi connectivity index (χ4v) is 5.21. The number of imidazole rings is 1. The number of hydrogen-bond donors (Lipinski definition) is 1. The van der Waals surface area contributed by atoms with Gasteiger partial charge in [-0.25, -0.2) is 13.4 Å². The number of benzene rings is 2. The highest BCUT2D eigenvalue weighted by atomic mass is 32.2. The Balaban J connectivity index is 1.39. The van der Waals surface area contributed by atoms with Crippen LogP contribution >= 0.6 is 0 Å². The number of carbonyl (C=O) groups excluding carboxylic acids is 1. The third-order valence-corrected chi connectivity index (χ3v) is 7.37. The molecular formula is C23H26N4O3S. The van der Waals surface area contributed by atoms with Crippen LogP contribution in [-0.2, 0) is 16.6 Å².